The second-order valence-electron chi connectivity index (χ2n) is 7.37. The highest BCUT2D eigenvalue weighted by molar-refractivity contribution is 5.97. The molecule has 5 heteroatoms. The fraction of sp³-hybridized carbons (Fsp3) is 0.364. The zero-order valence-corrected chi connectivity index (χ0v) is 15.8. The lowest BCUT2D eigenvalue weighted by molar-refractivity contribution is -0.137. The van der Waals surface area contributed by atoms with Crippen molar-refractivity contribution < 1.29 is 14.3 Å². The fourth-order valence-electron chi connectivity index (χ4n) is 3.16. The van der Waals surface area contributed by atoms with Crippen molar-refractivity contribution in [1.82, 2.24) is 10.6 Å². The van der Waals surface area contributed by atoms with E-state index < -0.39 is 12.1 Å². The van der Waals surface area contributed by atoms with Gasteiger partial charge in [-0.15, -0.1) is 0 Å². The first-order valence-corrected chi connectivity index (χ1v) is 9.37. The monoisotopic (exact) mass is 366 g/mol. The molecule has 0 aliphatic carbocycles. The molecule has 3 rings (SSSR count). The van der Waals surface area contributed by atoms with Gasteiger partial charge in [0.25, 0.3) is 0 Å². The maximum atomic E-state index is 12.3. The Kier molecular flexibility index (Phi) is 6.12. The van der Waals surface area contributed by atoms with Gasteiger partial charge in [0.2, 0.25) is 11.8 Å². The number of amides is 2. The average molecular weight is 366 g/mol. The molecule has 0 aromatic heterocycles. The van der Waals surface area contributed by atoms with Crippen LogP contribution in [0.25, 0.3) is 0 Å². The molecule has 0 spiro atoms. The summed E-state index contributed by atoms with van der Waals surface area (Å²) in [7, 11) is 0. The third kappa shape index (κ3) is 5.33. The number of hydrogen-bond acceptors (Lipinski definition) is 3. The number of carbonyl (C=O) groups is 2. The number of carbonyl (C=O) groups excluding carboxylic acids is 2. The Balaban J connectivity index is 1.53. The topological polar surface area (TPSA) is 67.4 Å². The van der Waals surface area contributed by atoms with Crippen LogP contribution in [0.2, 0.25) is 0 Å². The van der Waals surface area contributed by atoms with E-state index in [2.05, 4.69) is 10.6 Å². The van der Waals surface area contributed by atoms with E-state index in [9.17, 15) is 9.59 Å². The number of benzene rings is 2. The highest BCUT2D eigenvalue weighted by Crippen LogP contribution is 2.17. The lowest BCUT2D eigenvalue weighted by Crippen LogP contribution is -2.62. The summed E-state index contributed by atoms with van der Waals surface area (Å²) in [5, 5.41) is 5.69. The van der Waals surface area contributed by atoms with Crippen molar-refractivity contribution in [3.63, 3.8) is 0 Å². The van der Waals surface area contributed by atoms with E-state index in [1.54, 1.807) is 0 Å². The molecule has 0 radical (unpaired) electrons. The Hall–Kier alpha value is -2.82. The Labute approximate surface area is 160 Å². The quantitative estimate of drug-likeness (QED) is 0.792. The van der Waals surface area contributed by atoms with Gasteiger partial charge in [-0.3, -0.25) is 9.59 Å². The van der Waals surface area contributed by atoms with Gasteiger partial charge in [0.05, 0.1) is 0 Å². The van der Waals surface area contributed by atoms with Crippen molar-refractivity contribution in [2.45, 2.75) is 45.4 Å². The van der Waals surface area contributed by atoms with Gasteiger partial charge in [-0.2, -0.15) is 0 Å². The first-order valence-electron chi connectivity index (χ1n) is 9.37. The minimum Gasteiger partial charge on any atom is -0.489 e. The first kappa shape index (κ1) is 19.0. The molecular weight excluding hydrogens is 340 g/mol. The van der Waals surface area contributed by atoms with Crippen LogP contribution in [0.5, 0.6) is 5.75 Å². The van der Waals surface area contributed by atoms with E-state index in [1.807, 2.05) is 68.4 Å². The summed E-state index contributed by atoms with van der Waals surface area (Å²) in [6.45, 7) is 4.58. The molecule has 2 aromatic carbocycles. The highest BCUT2D eigenvalue weighted by atomic mass is 16.5. The van der Waals surface area contributed by atoms with Crippen LogP contribution >= 0.6 is 0 Å². The van der Waals surface area contributed by atoms with Crippen molar-refractivity contribution >= 4 is 11.8 Å². The van der Waals surface area contributed by atoms with Gasteiger partial charge < -0.3 is 15.4 Å². The van der Waals surface area contributed by atoms with Gasteiger partial charge in [-0.25, -0.2) is 0 Å². The van der Waals surface area contributed by atoms with Gasteiger partial charge in [-0.1, -0.05) is 56.3 Å². The minimum atomic E-state index is -0.531. The second kappa shape index (κ2) is 8.71. The van der Waals surface area contributed by atoms with E-state index in [0.29, 0.717) is 25.4 Å². The molecule has 2 aromatic rings. The van der Waals surface area contributed by atoms with Crippen LogP contribution in [-0.4, -0.2) is 23.9 Å². The Morgan fingerprint density at radius 2 is 1.48 bits per heavy atom. The van der Waals surface area contributed by atoms with Crippen LogP contribution in [0.3, 0.4) is 0 Å². The molecule has 0 saturated carbocycles. The van der Waals surface area contributed by atoms with Crippen LogP contribution in [-0.2, 0) is 22.6 Å². The number of hydrogen-bond donors (Lipinski definition) is 2. The molecule has 142 valence electrons. The highest BCUT2D eigenvalue weighted by Gasteiger charge is 2.33. The standard InChI is InChI=1S/C22H26N2O3/c1-15(2)12-19-21(25)24-20(22(26)23-19)13-16-8-10-18(11-9-16)27-14-17-6-4-3-5-7-17/h3-11,15,19-20H,12-14H2,1-2H3,(H,23,26)(H,24,25)/t19-,20-/m0/s1. The first-order chi connectivity index (χ1) is 13.0. The van der Waals surface area contributed by atoms with E-state index in [-0.39, 0.29) is 11.8 Å². The zero-order chi connectivity index (χ0) is 19.2. The predicted octanol–water partition coefficient (Wildman–Crippen LogP) is 2.84. The number of nitrogens with one attached hydrogen (secondary N) is 2. The van der Waals surface area contributed by atoms with Gasteiger partial charge in [0.1, 0.15) is 24.4 Å². The third-order valence-corrected chi connectivity index (χ3v) is 4.58. The molecule has 1 heterocycles. The maximum Gasteiger partial charge on any atom is 0.243 e. The number of piperazine rings is 1. The Bertz CT molecular complexity index is 772. The fourth-order valence-corrected chi connectivity index (χ4v) is 3.16. The smallest absolute Gasteiger partial charge is 0.243 e. The van der Waals surface area contributed by atoms with Gasteiger partial charge in [-0.05, 0) is 35.6 Å². The summed E-state index contributed by atoms with van der Waals surface area (Å²) >= 11 is 0. The van der Waals surface area contributed by atoms with Crippen LogP contribution < -0.4 is 15.4 Å². The number of rotatable bonds is 7. The van der Waals surface area contributed by atoms with Gasteiger partial charge >= 0.3 is 0 Å². The van der Waals surface area contributed by atoms with Crippen LogP contribution in [0.4, 0.5) is 0 Å². The average Bonchev–Trinajstić information content (AvgIpc) is 2.65. The number of ether oxygens (including phenoxy) is 1. The van der Waals surface area contributed by atoms with Crippen molar-refractivity contribution in [1.29, 1.82) is 0 Å². The van der Waals surface area contributed by atoms with Crippen molar-refractivity contribution in [3.8, 4) is 5.75 Å². The molecule has 5 nitrogen and oxygen atoms in total. The third-order valence-electron chi connectivity index (χ3n) is 4.58. The predicted molar refractivity (Wildman–Crippen MR) is 104 cm³/mol. The lowest BCUT2D eigenvalue weighted by Gasteiger charge is -2.30. The molecule has 0 bridgehead atoms. The maximum absolute atomic E-state index is 12.3. The summed E-state index contributed by atoms with van der Waals surface area (Å²) in [4.78, 5) is 24.5. The molecule has 2 amide bonds. The summed E-state index contributed by atoms with van der Waals surface area (Å²) in [5.74, 6) is 0.901. The molecule has 2 N–H and O–H groups in total. The van der Waals surface area contributed by atoms with E-state index in [4.69, 9.17) is 4.74 Å². The SMILES string of the molecule is CC(C)C[C@@H]1NC(=O)[C@H](Cc2ccc(OCc3ccccc3)cc2)NC1=O. The molecule has 27 heavy (non-hydrogen) atoms. The van der Waals surface area contributed by atoms with Crippen molar-refractivity contribution in [2.75, 3.05) is 0 Å². The zero-order valence-electron chi connectivity index (χ0n) is 15.8. The lowest BCUT2D eigenvalue weighted by atomic mass is 9.97. The van der Waals surface area contributed by atoms with Crippen LogP contribution in [0.15, 0.2) is 54.6 Å². The minimum absolute atomic E-state index is 0.101. The van der Waals surface area contributed by atoms with Crippen LogP contribution in [0.1, 0.15) is 31.4 Å². The normalized spacial score (nSPS) is 19.5. The Morgan fingerprint density at radius 3 is 2.15 bits per heavy atom. The molecule has 1 saturated heterocycles. The van der Waals surface area contributed by atoms with Crippen LogP contribution in [0, 0.1) is 5.92 Å². The summed E-state index contributed by atoms with van der Waals surface area (Å²) in [6, 6.07) is 16.7. The second-order valence-corrected chi connectivity index (χ2v) is 7.37. The van der Waals surface area contributed by atoms with E-state index in [1.165, 1.54) is 0 Å². The summed E-state index contributed by atoms with van der Waals surface area (Å²) in [5.41, 5.74) is 2.09. The Morgan fingerprint density at radius 1 is 0.852 bits per heavy atom. The molecule has 1 fully saturated rings. The van der Waals surface area contributed by atoms with E-state index in [0.717, 1.165) is 16.9 Å². The van der Waals surface area contributed by atoms with Crippen molar-refractivity contribution in [3.05, 3.63) is 65.7 Å². The van der Waals surface area contributed by atoms with Gasteiger partial charge in [0, 0.05) is 6.42 Å². The molecule has 1 aliphatic heterocycles. The molecule has 2 atom stereocenters. The largest absolute Gasteiger partial charge is 0.489 e. The summed E-state index contributed by atoms with van der Waals surface area (Å²) < 4.78 is 5.78. The van der Waals surface area contributed by atoms with Crippen molar-refractivity contribution in [2.24, 2.45) is 5.92 Å². The molecule has 1 aliphatic rings. The summed E-state index contributed by atoms with van der Waals surface area (Å²) in [6.07, 6.45) is 1.11. The molecular formula is C22H26N2O3. The van der Waals surface area contributed by atoms with E-state index >= 15 is 0 Å². The molecule has 0 unspecified atom stereocenters. The van der Waals surface area contributed by atoms with Gasteiger partial charge in [0.15, 0.2) is 0 Å².